The first-order chi connectivity index (χ1) is 15.7. The zero-order valence-corrected chi connectivity index (χ0v) is 19.8. The number of anilines is 1. The third-order valence-corrected chi connectivity index (χ3v) is 6.14. The molecule has 3 rings (SSSR count). The van der Waals surface area contributed by atoms with E-state index in [9.17, 15) is 4.79 Å². The van der Waals surface area contributed by atoms with Gasteiger partial charge in [0.25, 0.3) is 0 Å². The summed E-state index contributed by atoms with van der Waals surface area (Å²) in [5.41, 5.74) is 2.19. The van der Waals surface area contributed by atoms with E-state index in [1.54, 1.807) is 0 Å². The van der Waals surface area contributed by atoms with E-state index in [0.29, 0.717) is 13.0 Å². The third kappa shape index (κ3) is 8.66. The van der Waals surface area contributed by atoms with Crippen molar-refractivity contribution in [3.63, 3.8) is 0 Å². The van der Waals surface area contributed by atoms with Crippen molar-refractivity contribution >= 4 is 11.5 Å². The van der Waals surface area contributed by atoms with Crippen LogP contribution in [0.4, 0.5) is 5.69 Å². The zero-order chi connectivity index (χ0) is 22.4. The van der Waals surface area contributed by atoms with Crippen LogP contribution in [0.25, 0.3) is 0 Å². The molecule has 0 N–H and O–H groups in total. The second-order valence-corrected chi connectivity index (χ2v) is 8.93. The van der Waals surface area contributed by atoms with Gasteiger partial charge in [-0.05, 0) is 81.6 Å². The Bertz CT molecular complexity index is 770. The second kappa shape index (κ2) is 13.9. The largest absolute Gasteiger partial charge is 0.494 e. The van der Waals surface area contributed by atoms with Crippen LogP contribution in [0.5, 0.6) is 5.75 Å². The molecule has 2 aromatic rings. The minimum atomic E-state index is 0.260. The molecule has 0 spiro atoms. The second-order valence-electron chi connectivity index (χ2n) is 8.93. The highest BCUT2D eigenvalue weighted by Gasteiger charge is 2.13. The van der Waals surface area contributed by atoms with Crippen LogP contribution >= 0.6 is 0 Å². The lowest BCUT2D eigenvalue weighted by Gasteiger charge is -2.27. The molecule has 1 saturated heterocycles. The predicted molar refractivity (Wildman–Crippen MR) is 134 cm³/mol. The van der Waals surface area contributed by atoms with Crippen LogP contribution in [0.15, 0.2) is 54.6 Å². The number of hydrogen-bond acceptors (Lipinski definition) is 4. The van der Waals surface area contributed by atoms with Gasteiger partial charge in [-0.1, -0.05) is 50.1 Å². The van der Waals surface area contributed by atoms with Crippen molar-refractivity contribution in [2.45, 2.75) is 58.3 Å². The molecule has 2 aromatic carbocycles. The Balaban J connectivity index is 1.52. The van der Waals surface area contributed by atoms with Crippen LogP contribution in [-0.2, 0) is 11.2 Å². The molecule has 0 amide bonds. The molecule has 0 bridgehead atoms. The highest BCUT2D eigenvalue weighted by atomic mass is 16.5. The number of hydrogen-bond donors (Lipinski definition) is 0. The van der Waals surface area contributed by atoms with E-state index in [0.717, 1.165) is 43.0 Å². The molecule has 1 fully saturated rings. The van der Waals surface area contributed by atoms with E-state index in [2.05, 4.69) is 28.9 Å². The summed E-state index contributed by atoms with van der Waals surface area (Å²) in [6.07, 6.45) is 9.16. The van der Waals surface area contributed by atoms with Crippen LogP contribution < -0.4 is 9.64 Å². The van der Waals surface area contributed by atoms with Gasteiger partial charge in [0.05, 0.1) is 13.2 Å². The summed E-state index contributed by atoms with van der Waals surface area (Å²) in [5, 5.41) is 0. The van der Waals surface area contributed by atoms with Gasteiger partial charge in [0, 0.05) is 18.7 Å². The maximum Gasteiger partial charge on any atom is 0.156 e. The predicted octanol–water partition coefficient (Wildman–Crippen LogP) is 5.75. The number of nitrogens with zero attached hydrogens (tertiary/aromatic N) is 2. The maximum atomic E-state index is 12.8. The monoisotopic (exact) mass is 436 g/mol. The van der Waals surface area contributed by atoms with Gasteiger partial charge >= 0.3 is 0 Å². The lowest BCUT2D eigenvalue weighted by Crippen LogP contribution is -2.32. The molecule has 0 aliphatic carbocycles. The van der Waals surface area contributed by atoms with Gasteiger partial charge in [-0.2, -0.15) is 0 Å². The number of piperidine rings is 1. The highest BCUT2D eigenvalue weighted by Crippen LogP contribution is 2.21. The molecule has 4 nitrogen and oxygen atoms in total. The molecular formula is C28H40N2O2. The van der Waals surface area contributed by atoms with E-state index in [1.165, 1.54) is 51.7 Å². The molecule has 0 unspecified atom stereocenters. The molecule has 0 atom stereocenters. The lowest BCUT2D eigenvalue weighted by molar-refractivity contribution is -0.117. The van der Waals surface area contributed by atoms with E-state index < -0.39 is 0 Å². The Morgan fingerprint density at radius 1 is 0.938 bits per heavy atom. The topological polar surface area (TPSA) is 32.8 Å². The number of rotatable bonds is 14. The smallest absolute Gasteiger partial charge is 0.156 e. The van der Waals surface area contributed by atoms with Crippen LogP contribution in [0.1, 0.15) is 57.4 Å². The number of carbonyl (C=O) groups is 1. The standard InChI is InChI=1S/C28H40N2O2/c1-2-22-32-28-16-14-26(15-17-28)30(24-27(31)23-25-12-6-3-7-13-25)21-11-5-10-20-29-18-8-4-9-19-29/h3,6-7,12-17H,2,4-5,8-11,18-24H2,1H3. The van der Waals surface area contributed by atoms with E-state index in [4.69, 9.17) is 4.74 Å². The SMILES string of the molecule is CCCOc1ccc(N(CCCCCN2CCCCC2)CC(=O)Cc2ccccc2)cc1. The number of carbonyl (C=O) groups excluding carboxylic acids is 1. The van der Waals surface area contributed by atoms with Gasteiger partial charge in [-0.25, -0.2) is 0 Å². The molecule has 1 aliphatic heterocycles. The Labute approximate surface area is 194 Å². The fraction of sp³-hybridized carbons (Fsp3) is 0.536. The molecule has 1 aliphatic rings. The van der Waals surface area contributed by atoms with E-state index in [-0.39, 0.29) is 5.78 Å². The number of Topliss-reactive ketones (excluding diaryl/α,β-unsaturated/α-hetero) is 1. The summed E-state index contributed by atoms with van der Waals surface area (Å²) in [5.74, 6) is 1.16. The Morgan fingerprint density at radius 2 is 1.69 bits per heavy atom. The fourth-order valence-corrected chi connectivity index (χ4v) is 4.36. The minimum Gasteiger partial charge on any atom is -0.494 e. The molecule has 174 valence electrons. The van der Waals surface area contributed by atoms with E-state index >= 15 is 0 Å². The molecule has 0 aromatic heterocycles. The number of ketones is 1. The van der Waals surface area contributed by atoms with Gasteiger partial charge < -0.3 is 14.5 Å². The summed E-state index contributed by atoms with van der Waals surface area (Å²) < 4.78 is 5.73. The van der Waals surface area contributed by atoms with Crippen LogP contribution in [0, 0.1) is 0 Å². The van der Waals surface area contributed by atoms with Crippen molar-refractivity contribution in [2.75, 3.05) is 44.2 Å². The molecule has 32 heavy (non-hydrogen) atoms. The number of benzene rings is 2. The van der Waals surface area contributed by atoms with Gasteiger partial charge in [0.2, 0.25) is 0 Å². The summed E-state index contributed by atoms with van der Waals surface area (Å²) >= 11 is 0. The van der Waals surface area contributed by atoms with Crippen molar-refractivity contribution in [2.24, 2.45) is 0 Å². The minimum absolute atomic E-state index is 0.260. The molecule has 0 saturated carbocycles. The Hall–Kier alpha value is -2.33. The first kappa shape index (κ1) is 24.3. The first-order valence-electron chi connectivity index (χ1n) is 12.5. The van der Waals surface area contributed by atoms with Gasteiger partial charge in [-0.3, -0.25) is 4.79 Å². The number of ether oxygens (including phenoxy) is 1. The molecule has 1 heterocycles. The van der Waals surface area contributed by atoms with Gasteiger partial charge in [0.1, 0.15) is 5.75 Å². The average molecular weight is 437 g/mol. The highest BCUT2D eigenvalue weighted by molar-refractivity contribution is 5.85. The Kier molecular flexibility index (Phi) is 10.6. The summed E-state index contributed by atoms with van der Waals surface area (Å²) in [4.78, 5) is 17.7. The lowest BCUT2D eigenvalue weighted by atomic mass is 10.1. The normalized spacial score (nSPS) is 14.3. The molecular weight excluding hydrogens is 396 g/mol. The maximum absolute atomic E-state index is 12.8. The quantitative estimate of drug-likeness (QED) is 0.353. The first-order valence-corrected chi connectivity index (χ1v) is 12.5. The summed E-state index contributed by atoms with van der Waals surface area (Å²) in [6.45, 7) is 7.97. The van der Waals surface area contributed by atoms with Crippen LogP contribution in [0.3, 0.4) is 0 Å². The van der Waals surface area contributed by atoms with Gasteiger partial charge in [0.15, 0.2) is 5.78 Å². The van der Waals surface area contributed by atoms with E-state index in [1.807, 2.05) is 42.5 Å². The van der Waals surface area contributed by atoms with Crippen molar-refractivity contribution in [3.8, 4) is 5.75 Å². The number of unbranched alkanes of at least 4 members (excludes halogenated alkanes) is 2. The molecule has 0 radical (unpaired) electrons. The third-order valence-electron chi connectivity index (χ3n) is 6.14. The van der Waals surface area contributed by atoms with Crippen LogP contribution in [-0.4, -0.2) is 50.0 Å². The van der Waals surface area contributed by atoms with Gasteiger partial charge in [-0.15, -0.1) is 0 Å². The Morgan fingerprint density at radius 3 is 2.41 bits per heavy atom. The summed E-state index contributed by atoms with van der Waals surface area (Å²) in [7, 11) is 0. The van der Waals surface area contributed by atoms with Crippen LogP contribution in [0.2, 0.25) is 0 Å². The number of likely N-dealkylation sites (tertiary alicyclic amines) is 1. The average Bonchev–Trinajstić information content (AvgIpc) is 2.83. The molecule has 4 heteroatoms. The van der Waals surface area contributed by atoms with Crippen molar-refractivity contribution in [1.82, 2.24) is 4.90 Å². The zero-order valence-electron chi connectivity index (χ0n) is 19.8. The van der Waals surface area contributed by atoms with Crippen molar-refractivity contribution in [1.29, 1.82) is 0 Å². The van der Waals surface area contributed by atoms with Crippen molar-refractivity contribution < 1.29 is 9.53 Å². The van der Waals surface area contributed by atoms with Crippen molar-refractivity contribution in [3.05, 3.63) is 60.2 Å². The fourth-order valence-electron chi connectivity index (χ4n) is 4.36. The summed E-state index contributed by atoms with van der Waals surface area (Å²) in [6, 6.07) is 18.3.